The van der Waals surface area contributed by atoms with Gasteiger partial charge in [-0.05, 0) is 18.4 Å². The molecule has 10 atom stereocenters. The Balaban J connectivity index is 0.00000232. The smallest absolute Gasteiger partial charge is 0.660 e. The number of anilines is 1. The van der Waals surface area contributed by atoms with Crippen LogP contribution in [0.25, 0.3) is 22.2 Å². The minimum absolute atomic E-state index is 0. The monoisotopic (exact) mass is 822 g/mol. The Bertz CT molecular complexity index is 2120. The molecule has 0 amide bonds. The summed E-state index contributed by atoms with van der Waals surface area (Å²) in [5, 5.41) is 13.2. The first-order valence-corrected chi connectivity index (χ1v) is 20.5. The van der Waals surface area contributed by atoms with E-state index in [-0.39, 0.29) is 83.4 Å². The Morgan fingerprint density at radius 2 is 1.62 bits per heavy atom. The zero-order chi connectivity index (χ0) is 34.9. The number of alkyl halides is 2. The Morgan fingerprint density at radius 3 is 2.37 bits per heavy atom. The minimum Gasteiger partial charge on any atom is -0.660 e. The van der Waals surface area contributed by atoms with Crippen molar-refractivity contribution in [3.05, 3.63) is 41.1 Å². The number of hydrogen-bond donors (Lipinski definition) is 2. The number of aliphatic hydroxyl groups excluding tert-OH is 1. The normalized spacial score (nSPS) is 34.9. The van der Waals surface area contributed by atoms with Crippen molar-refractivity contribution in [2.24, 2.45) is 0 Å². The van der Waals surface area contributed by atoms with E-state index in [2.05, 4.69) is 25.3 Å². The van der Waals surface area contributed by atoms with Gasteiger partial charge in [0, 0.05) is 12.7 Å². The summed E-state index contributed by atoms with van der Waals surface area (Å²) in [6.45, 7) is -10.3. The van der Waals surface area contributed by atoms with E-state index in [0.29, 0.717) is 29.8 Å². The second-order valence-electron chi connectivity index (χ2n) is 11.9. The molecule has 0 radical (unpaired) electrons. The van der Waals surface area contributed by atoms with Crippen molar-refractivity contribution in [2.45, 2.75) is 68.6 Å². The van der Waals surface area contributed by atoms with Gasteiger partial charge in [-0.3, -0.25) is 23.1 Å². The van der Waals surface area contributed by atoms with Crippen LogP contribution in [0.2, 0.25) is 0 Å². The van der Waals surface area contributed by atoms with Crippen LogP contribution in [0.3, 0.4) is 0 Å². The van der Waals surface area contributed by atoms with Gasteiger partial charge >= 0.3 is 59.1 Å². The number of imidazole rings is 1. The zero-order valence-corrected chi connectivity index (χ0v) is 35.0. The fourth-order valence-electron chi connectivity index (χ4n) is 6.60. The van der Waals surface area contributed by atoms with Crippen LogP contribution in [-0.4, -0.2) is 102 Å². The summed E-state index contributed by atoms with van der Waals surface area (Å²) in [5.41, 5.74) is 0.467. The zero-order valence-electron chi connectivity index (χ0n) is 27.6. The van der Waals surface area contributed by atoms with Gasteiger partial charge in [-0.25, -0.2) is 28.7 Å². The molecule has 2 bridgehead atoms. The van der Waals surface area contributed by atoms with Crippen molar-refractivity contribution in [2.75, 3.05) is 31.7 Å². The van der Waals surface area contributed by atoms with E-state index in [4.69, 9.17) is 52.1 Å². The third kappa shape index (κ3) is 7.64. The quantitative estimate of drug-likeness (QED) is 0.114. The maximum atomic E-state index is 16.4. The summed E-state index contributed by atoms with van der Waals surface area (Å²) < 4.78 is 97.0. The fourth-order valence-corrected chi connectivity index (χ4v) is 9.41. The van der Waals surface area contributed by atoms with E-state index < -0.39 is 81.6 Å². The van der Waals surface area contributed by atoms with Crippen LogP contribution in [0, 0.1) is 0 Å². The number of aryl methyl sites for hydroxylation is 1. The predicted octanol–water partition coefficient (Wildman–Crippen LogP) is -4.01. The largest absolute Gasteiger partial charge is 1.00 e. The Kier molecular flexibility index (Phi) is 12.8. The van der Waals surface area contributed by atoms with E-state index in [1.165, 1.54) is 15.5 Å². The van der Waals surface area contributed by atoms with Gasteiger partial charge in [0.15, 0.2) is 42.8 Å². The topological polar surface area (TPSA) is 205 Å². The number of halogens is 2. The second kappa shape index (κ2) is 16.2. The first-order chi connectivity index (χ1) is 23.9. The maximum absolute atomic E-state index is 16.4. The third-order valence-electron chi connectivity index (χ3n) is 8.87. The molecule has 4 aliphatic heterocycles. The summed E-state index contributed by atoms with van der Waals surface area (Å²) in [6, 6.07) is 0. The molecule has 2 N–H and O–H groups in total. The summed E-state index contributed by atoms with van der Waals surface area (Å²) in [7, 11) is 0. The van der Waals surface area contributed by atoms with Crippen molar-refractivity contribution < 1.29 is 110 Å². The molecular formula is C26H28F2N8Na2O10P2S2. The Labute approximate surface area is 348 Å². The molecule has 4 aromatic rings. The molecule has 4 aliphatic rings. The molecule has 3 saturated heterocycles. The molecule has 270 valence electrons. The number of ether oxygens (including phenoxy) is 2. The van der Waals surface area contributed by atoms with E-state index in [0.717, 1.165) is 29.2 Å². The predicted molar refractivity (Wildman–Crippen MR) is 172 cm³/mol. The summed E-state index contributed by atoms with van der Waals surface area (Å²) in [5.74, 6) is 0.587. The van der Waals surface area contributed by atoms with Crippen LogP contribution in [0.5, 0.6) is 0 Å². The molecule has 0 saturated carbocycles. The third-order valence-corrected chi connectivity index (χ3v) is 12.0. The van der Waals surface area contributed by atoms with Crippen LogP contribution in [0.4, 0.5) is 14.6 Å². The number of aromatic nitrogens is 7. The van der Waals surface area contributed by atoms with Crippen LogP contribution in [0.1, 0.15) is 24.4 Å². The van der Waals surface area contributed by atoms with Gasteiger partial charge in [-0.2, -0.15) is 0 Å². The molecule has 0 aromatic carbocycles. The molecule has 0 aliphatic carbocycles. The average Bonchev–Trinajstić information content (AvgIpc) is 3.78. The van der Waals surface area contributed by atoms with Crippen LogP contribution < -0.4 is 70.0 Å². The van der Waals surface area contributed by atoms with E-state index in [1.807, 2.05) is 0 Å². The van der Waals surface area contributed by atoms with Gasteiger partial charge in [0.2, 0.25) is 6.80 Å². The van der Waals surface area contributed by atoms with Crippen LogP contribution >= 0.6 is 13.6 Å². The van der Waals surface area contributed by atoms with Crippen molar-refractivity contribution in [1.82, 2.24) is 33.6 Å². The molecule has 8 heterocycles. The van der Waals surface area contributed by atoms with E-state index in [1.54, 1.807) is 6.20 Å². The average molecular weight is 823 g/mol. The first-order valence-electron chi connectivity index (χ1n) is 15.4. The summed E-state index contributed by atoms with van der Waals surface area (Å²) in [4.78, 5) is 29.8. The summed E-state index contributed by atoms with van der Waals surface area (Å²) in [6.07, 6.45) is -6.59. The number of aliphatic hydroxyl groups is 1. The van der Waals surface area contributed by atoms with E-state index >= 15 is 8.78 Å². The van der Waals surface area contributed by atoms with Crippen molar-refractivity contribution in [1.29, 1.82) is 0 Å². The van der Waals surface area contributed by atoms with Crippen LogP contribution in [0.15, 0.2) is 30.0 Å². The van der Waals surface area contributed by atoms with Crippen molar-refractivity contribution >= 4 is 66.1 Å². The summed E-state index contributed by atoms with van der Waals surface area (Å²) >= 11 is 10.2. The van der Waals surface area contributed by atoms with Gasteiger partial charge < -0.3 is 67.1 Å². The number of nitrogens with zero attached hydrogens (tertiary/aromatic N) is 7. The standard InChI is InChI=1S/C26H30F2N8O10P2S2.2Na/c27-16-13-7-41-47(39,49)45-19-14(44-25(17(19)28)35-6-12-2-1-3-29-21-15(12)22(35)31-9-30-21)8-42-48(40,50)46-20(16)26(43-13)36-11-32-18-23(36)33-10-34(4-5-37)24(18)38;;/h6,9-11,13-14,16-17,19-20,25-26,37H,1-5,7-8H2,(H,39,49)(H,40,50)(H,29,30,31);;/q;2*+1/p-2/t13-,14-,16-,17-,19-,20-,25-,26-,47?,48?;;/m1../s1. The fraction of sp³-hybridized carbons (Fsp3) is 0.577. The first kappa shape index (κ1) is 41.2. The van der Waals surface area contributed by atoms with Gasteiger partial charge in [0.1, 0.15) is 48.5 Å². The molecule has 18 nitrogen and oxygen atoms in total. The molecule has 3 fully saturated rings. The molecule has 26 heteroatoms. The maximum Gasteiger partial charge on any atom is 1.00 e. The molecule has 4 aromatic heterocycles. The van der Waals surface area contributed by atoms with Crippen molar-refractivity contribution in [3.63, 3.8) is 0 Å². The van der Waals surface area contributed by atoms with Gasteiger partial charge in [0.25, 0.3) is 5.56 Å². The van der Waals surface area contributed by atoms with Gasteiger partial charge in [0.05, 0.1) is 38.1 Å². The molecule has 2 unspecified atom stereocenters. The number of fused-ring (bicyclic) bond motifs is 4. The Morgan fingerprint density at radius 1 is 0.904 bits per heavy atom. The molecular weight excluding hydrogens is 794 g/mol. The number of rotatable bonds is 4. The second-order valence-corrected chi connectivity index (χ2v) is 17.4. The van der Waals surface area contributed by atoms with E-state index in [9.17, 15) is 19.0 Å². The van der Waals surface area contributed by atoms with Crippen LogP contribution in [-0.2, 0) is 74.2 Å². The number of nitrogens with one attached hydrogen (secondary N) is 1. The molecule has 52 heavy (non-hydrogen) atoms. The molecule has 0 spiro atoms. The SMILES string of the molecule is O=c1c2ncn([C@@H]3O[C@@H]4COP(=O)([S-])O[C@H]5[C@@H](F)[C@H](n6cc7c8c(ncnc86)NCCC7)O[C@@H]5COP(=O)([S-])O[C@@H]3[C@@H]4F)c2ncn1CCO.[Na+].[Na+]. The van der Waals surface area contributed by atoms with Gasteiger partial charge in [-0.1, -0.05) is 0 Å². The number of hydrogen-bond acceptors (Lipinski definition) is 17. The van der Waals surface area contributed by atoms with Gasteiger partial charge in [-0.15, -0.1) is 0 Å². The van der Waals surface area contributed by atoms with Crippen molar-refractivity contribution in [3.8, 4) is 0 Å². The Hall–Kier alpha value is -0.490. The molecule has 8 rings (SSSR count). The minimum atomic E-state index is -4.61.